The second-order valence-electron chi connectivity index (χ2n) is 19.1. The molecule has 6 nitrogen and oxygen atoms in total. The minimum atomic E-state index is 0.520. The zero-order valence-corrected chi connectivity index (χ0v) is 39.8. The van der Waals surface area contributed by atoms with Crippen LogP contribution in [0.2, 0.25) is 0 Å². The third-order valence-electron chi connectivity index (χ3n) is 15.2. The molecule has 0 aliphatic carbocycles. The van der Waals surface area contributed by atoms with Crippen LogP contribution in [0.4, 0.5) is 0 Å². The molecule has 74 heavy (non-hydrogen) atoms. The fourth-order valence-corrected chi connectivity index (χ4v) is 12.1. The van der Waals surface area contributed by atoms with Crippen molar-refractivity contribution in [2.75, 3.05) is 0 Å². The van der Waals surface area contributed by atoms with Gasteiger partial charge in [0, 0.05) is 54.5 Å². The van der Waals surface area contributed by atoms with Gasteiger partial charge < -0.3 is 18.3 Å². The van der Waals surface area contributed by atoms with Gasteiger partial charge in [-0.05, 0) is 113 Å². The highest BCUT2D eigenvalue weighted by atomic mass is 15.0. The fraction of sp³-hybridized carbons (Fsp3) is 0. The van der Waals surface area contributed by atoms with Crippen LogP contribution in [0, 0.1) is 22.7 Å². The first-order valence-electron chi connectivity index (χ1n) is 24.9. The smallest absolute Gasteiger partial charge is 0.104 e. The van der Waals surface area contributed by atoms with Crippen LogP contribution in [0.25, 0.3) is 132 Å². The Morgan fingerprint density at radius 1 is 0.270 bits per heavy atom. The van der Waals surface area contributed by atoms with Crippen LogP contribution in [0.1, 0.15) is 11.1 Å². The molecule has 0 aliphatic rings. The summed E-state index contributed by atoms with van der Waals surface area (Å²) in [6.07, 6.45) is 0. The van der Waals surface area contributed by atoms with E-state index in [1.807, 2.05) is 30.3 Å². The molecule has 0 saturated heterocycles. The largest absolute Gasteiger partial charge is 0.309 e. The number of aromatic nitrogens is 4. The lowest BCUT2D eigenvalue weighted by molar-refractivity contribution is 1.12. The van der Waals surface area contributed by atoms with Crippen molar-refractivity contribution in [1.82, 2.24) is 18.3 Å². The van der Waals surface area contributed by atoms with Crippen molar-refractivity contribution >= 4 is 87.2 Å². The van der Waals surface area contributed by atoms with Crippen molar-refractivity contribution in [2.24, 2.45) is 0 Å². The van der Waals surface area contributed by atoms with Crippen molar-refractivity contribution in [3.63, 3.8) is 0 Å². The van der Waals surface area contributed by atoms with Gasteiger partial charge in [0.15, 0.2) is 0 Å². The van der Waals surface area contributed by atoms with Gasteiger partial charge in [-0.25, -0.2) is 0 Å². The Kier molecular flexibility index (Phi) is 8.99. The van der Waals surface area contributed by atoms with Crippen molar-refractivity contribution in [3.8, 4) is 57.1 Å². The predicted octanol–water partition coefficient (Wildman–Crippen LogP) is 17.2. The van der Waals surface area contributed by atoms with E-state index in [4.69, 9.17) is 0 Å². The van der Waals surface area contributed by atoms with E-state index in [9.17, 15) is 10.5 Å². The van der Waals surface area contributed by atoms with E-state index in [0.29, 0.717) is 11.1 Å². The first kappa shape index (κ1) is 41.4. The molecule has 0 atom stereocenters. The molecule has 0 saturated carbocycles. The highest BCUT2D eigenvalue weighted by Gasteiger charge is 2.27. The lowest BCUT2D eigenvalue weighted by atomic mass is 9.94. The number of hydrogen-bond acceptors (Lipinski definition) is 2. The van der Waals surface area contributed by atoms with Crippen LogP contribution in [-0.2, 0) is 0 Å². The Morgan fingerprint density at radius 2 is 0.649 bits per heavy atom. The Balaban J connectivity index is 1.15. The van der Waals surface area contributed by atoms with Crippen LogP contribution in [-0.4, -0.2) is 18.3 Å². The van der Waals surface area contributed by atoms with Gasteiger partial charge in [-0.3, -0.25) is 0 Å². The maximum atomic E-state index is 12.2. The molecule has 0 unspecified atom stereocenters. The minimum absolute atomic E-state index is 0.520. The van der Waals surface area contributed by atoms with Crippen LogP contribution >= 0.6 is 0 Å². The molecular weight excluding hydrogens is 901 g/mol. The Morgan fingerprint density at radius 3 is 1.09 bits per heavy atom. The number of nitriles is 2. The van der Waals surface area contributed by atoms with Gasteiger partial charge in [-0.2, -0.15) is 10.5 Å². The van der Waals surface area contributed by atoms with E-state index in [0.717, 1.165) is 132 Å². The minimum Gasteiger partial charge on any atom is -0.309 e. The molecule has 15 aromatic rings. The summed E-state index contributed by atoms with van der Waals surface area (Å²) in [4.78, 5) is 0. The second kappa shape index (κ2) is 16.1. The summed E-state index contributed by atoms with van der Waals surface area (Å²) in [5.41, 5.74) is 16.7. The number of benzene rings is 11. The topological polar surface area (TPSA) is 67.3 Å². The molecule has 0 radical (unpaired) electrons. The van der Waals surface area contributed by atoms with Crippen LogP contribution in [0.3, 0.4) is 0 Å². The SMILES string of the molecule is N#Cc1cc(-c2ccccc2)cc(-c2cc(-n3c4ccccc4c4ccc5c(c6ccccc6n5-c5ccccc5)c43)c(C#N)c(-n3c4ccccc4c4ccc5c(c6ccccc6n5-c5ccccc5)c43)c2)c1. The molecule has 342 valence electrons. The Bertz CT molecular complexity index is 4650. The Hall–Kier alpha value is -10.4. The molecule has 0 N–H and O–H groups in total. The number of rotatable bonds is 6. The normalized spacial score (nSPS) is 11.8. The second-order valence-corrected chi connectivity index (χ2v) is 19.1. The maximum Gasteiger partial charge on any atom is 0.104 e. The molecule has 15 rings (SSSR count). The van der Waals surface area contributed by atoms with Crippen molar-refractivity contribution < 1.29 is 0 Å². The summed E-state index contributed by atoms with van der Waals surface area (Å²) in [7, 11) is 0. The highest BCUT2D eigenvalue weighted by Crippen LogP contribution is 2.47. The molecule has 4 heterocycles. The fourth-order valence-electron chi connectivity index (χ4n) is 12.1. The molecule has 0 amide bonds. The molecule has 0 fully saturated rings. The van der Waals surface area contributed by atoms with Gasteiger partial charge in [0.2, 0.25) is 0 Å². The monoisotopic (exact) mass is 940 g/mol. The molecule has 0 spiro atoms. The molecular formula is C68H40N6. The van der Waals surface area contributed by atoms with Gasteiger partial charge in [-0.15, -0.1) is 0 Å². The third-order valence-corrected chi connectivity index (χ3v) is 15.2. The number of para-hydroxylation sites is 6. The average molecular weight is 941 g/mol. The summed E-state index contributed by atoms with van der Waals surface area (Å²) >= 11 is 0. The first-order valence-corrected chi connectivity index (χ1v) is 24.9. The lowest BCUT2D eigenvalue weighted by Gasteiger charge is -2.19. The van der Waals surface area contributed by atoms with Crippen molar-refractivity contribution in [2.45, 2.75) is 0 Å². The average Bonchev–Trinajstić information content (AvgIpc) is 4.23. The van der Waals surface area contributed by atoms with Gasteiger partial charge in [0.1, 0.15) is 11.6 Å². The molecule has 0 bridgehead atoms. The number of nitrogens with zero attached hydrogens (tertiary/aromatic N) is 6. The summed E-state index contributed by atoms with van der Waals surface area (Å²) in [5.74, 6) is 0. The van der Waals surface area contributed by atoms with E-state index in [1.165, 1.54) is 0 Å². The molecule has 11 aromatic carbocycles. The van der Waals surface area contributed by atoms with E-state index < -0.39 is 0 Å². The van der Waals surface area contributed by atoms with Crippen LogP contribution in [0.5, 0.6) is 0 Å². The number of fused-ring (bicyclic) bond motifs is 14. The highest BCUT2D eigenvalue weighted by molar-refractivity contribution is 6.28. The van der Waals surface area contributed by atoms with E-state index in [2.05, 4.69) is 243 Å². The van der Waals surface area contributed by atoms with Crippen molar-refractivity contribution in [3.05, 3.63) is 254 Å². The van der Waals surface area contributed by atoms with Crippen LogP contribution in [0.15, 0.2) is 243 Å². The van der Waals surface area contributed by atoms with Crippen molar-refractivity contribution in [1.29, 1.82) is 10.5 Å². The quantitative estimate of drug-likeness (QED) is 0.167. The van der Waals surface area contributed by atoms with E-state index in [-0.39, 0.29) is 0 Å². The van der Waals surface area contributed by atoms with E-state index in [1.54, 1.807) is 0 Å². The molecule has 0 aliphatic heterocycles. The van der Waals surface area contributed by atoms with Gasteiger partial charge in [0.05, 0.1) is 67.1 Å². The zero-order chi connectivity index (χ0) is 49.0. The van der Waals surface area contributed by atoms with E-state index >= 15 is 0 Å². The van der Waals surface area contributed by atoms with Gasteiger partial charge >= 0.3 is 0 Å². The van der Waals surface area contributed by atoms with Gasteiger partial charge in [0.25, 0.3) is 0 Å². The standard InChI is InChI=1S/C68H40N6/c69-41-43-36-45(44-18-4-1-5-19-44)38-46(37-43)47-39-63(73-57-28-14-10-24-50(57)52-32-34-61-65(67(52)73)54-26-12-16-30-59(54)71(61)48-20-6-2-7-21-48)56(42-70)64(40-47)74-58-29-15-11-25-51(58)53-33-35-62-66(68(53)74)55-27-13-17-31-60(55)72(62)49-22-8-3-9-23-49/h1-40H. The lowest BCUT2D eigenvalue weighted by Crippen LogP contribution is -2.06. The molecule has 6 heteroatoms. The molecule has 4 aromatic heterocycles. The third kappa shape index (κ3) is 5.91. The van der Waals surface area contributed by atoms with Gasteiger partial charge in [-0.1, -0.05) is 152 Å². The summed E-state index contributed by atoms with van der Waals surface area (Å²) in [6, 6.07) is 90.6. The maximum absolute atomic E-state index is 12.2. The number of hydrogen-bond donors (Lipinski definition) is 0. The van der Waals surface area contributed by atoms with Crippen LogP contribution < -0.4 is 0 Å². The summed E-state index contributed by atoms with van der Waals surface area (Å²) in [5, 5.41) is 31.6. The Labute approximate surface area is 424 Å². The first-order chi connectivity index (χ1) is 36.7. The zero-order valence-electron chi connectivity index (χ0n) is 39.8. The predicted molar refractivity (Wildman–Crippen MR) is 304 cm³/mol. The summed E-state index contributed by atoms with van der Waals surface area (Å²) in [6.45, 7) is 0. The summed E-state index contributed by atoms with van der Waals surface area (Å²) < 4.78 is 9.40.